The summed E-state index contributed by atoms with van der Waals surface area (Å²) in [6.45, 7) is 3.14. The standard InChI is InChI=1S/C15H18N4O3S/c1-9-11-14(23-12(9)13(16)21)17-8-19(15(11)22)7-10(20)18-5-3-2-4-6-18/h8H,2-7H2,1H3,(H2,16,21). The maximum absolute atomic E-state index is 12.6. The second-order valence-electron chi connectivity index (χ2n) is 5.72. The molecule has 1 saturated heterocycles. The van der Waals surface area contributed by atoms with Crippen LogP contribution in [-0.2, 0) is 11.3 Å². The molecule has 0 bridgehead atoms. The summed E-state index contributed by atoms with van der Waals surface area (Å²) in [5, 5.41) is 0.373. The number of amides is 2. The Balaban J connectivity index is 1.94. The highest BCUT2D eigenvalue weighted by Gasteiger charge is 2.20. The molecule has 0 atom stereocenters. The minimum absolute atomic E-state index is 0.0248. The van der Waals surface area contributed by atoms with Gasteiger partial charge in [0.05, 0.1) is 16.6 Å². The molecule has 2 aromatic rings. The topological polar surface area (TPSA) is 98.3 Å². The normalized spacial score (nSPS) is 15.1. The Bertz CT molecular complexity index is 833. The minimum Gasteiger partial charge on any atom is -0.365 e. The fraction of sp³-hybridized carbons (Fsp3) is 0.467. The van der Waals surface area contributed by atoms with Gasteiger partial charge < -0.3 is 10.6 Å². The first-order valence-corrected chi connectivity index (χ1v) is 8.37. The van der Waals surface area contributed by atoms with Gasteiger partial charge in [-0.2, -0.15) is 0 Å². The number of likely N-dealkylation sites (tertiary alicyclic amines) is 1. The zero-order valence-electron chi connectivity index (χ0n) is 12.9. The highest BCUT2D eigenvalue weighted by Crippen LogP contribution is 2.26. The van der Waals surface area contributed by atoms with Crippen molar-refractivity contribution in [3.8, 4) is 0 Å². The van der Waals surface area contributed by atoms with Crippen LogP contribution in [0.4, 0.5) is 0 Å². The molecule has 0 unspecified atom stereocenters. The number of thiophene rings is 1. The number of carbonyl (C=O) groups is 2. The van der Waals surface area contributed by atoms with Crippen LogP contribution in [0.15, 0.2) is 11.1 Å². The summed E-state index contributed by atoms with van der Waals surface area (Å²) >= 11 is 1.11. The molecule has 0 radical (unpaired) electrons. The summed E-state index contributed by atoms with van der Waals surface area (Å²) in [4.78, 5) is 43.1. The van der Waals surface area contributed by atoms with Gasteiger partial charge in [-0.15, -0.1) is 11.3 Å². The summed E-state index contributed by atoms with van der Waals surface area (Å²) in [6.07, 6.45) is 4.52. The van der Waals surface area contributed by atoms with Crippen molar-refractivity contribution in [3.63, 3.8) is 0 Å². The highest BCUT2D eigenvalue weighted by atomic mass is 32.1. The monoisotopic (exact) mass is 334 g/mol. The molecule has 2 N–H and O–H groups in total. The van der Waals surface area contributed by atoms with Crippen molar-refractivity contribution in [2.45, 2.75) is 32.7 Å². The van der Waals surface area contributed by atoms with Crippen molar-refractivity contribution in [1.82, 2.24) is 14.5 Å². The van der Waals surface area contributed by atoms with Crippen LogP contribution >= 0.6 is 11.3 Å². The highest BCUT2D eigenvalue weighted by molar-refractivity contribution is 7.20. The largest absolute Gasteiger partial charge is 0.365 e. The van der Waals surface area contributed by atoms with E-state index in [1.807, 2.05) is 0 Å². The van der Waals surface area contributed by atoms with E-state index in [2.05, 4.69) is 4.98 Å². The number of nitrogens with two attached hydrogens (primary N) is 1. The number of rotatable bonds is 3. The molecule has 23 heavy (non-hydrogen) atoms. The number of nitrogens with zero attached hydrogens (tertiary/aromatic N) is 3. The Labute approximate surface area is 136 Å². The second-order valence-corrected chi connectivity index (χ2v) is 6.72. The molecule has 0 aromatic carbocycles. The summed E-state index contributed by atoms with van der Waals surface area (Å²) in [7, 11) is 0. The third-order valence-electron chi connectivity index (χ3n) is 4.16. The third kappa shape index (κ3) is 2.86. The predicted molar refractivity (Wildman–Crippen MR) is 87.6 cm³/mol. The number of hydrogen-bond acceptors (Lipinski definition) is 5. The lowest BCUT2D eigenvalue weighted by molar-refractivity contribution is -0.132. The molecule has 122 valence electrons. The van der Waals surface area contributed by atoms with Crippen LogP contribution in [0.25, 0.3) is 10.2 Å². The lowest BCUT2D eigenvalue weighted by Crippen LogP contribution is -2.39. The molecule has 0 saturated carbocycles. The molecule has 2 aromatic heterocycles. The maximum atomic E-state index is 12.6. The van der Waals surface area contributed by atoms with E-state index in [1.165, 1.54) is 10.9 Å². The molecule has 3 heterocycles. The number of aryl methyl sites for hydroxylation is 1. The molecule has 0 spiro atoms. The Hall–Kier alpha value is -2.22. The molecule has 7 nitrogen and oxygen atoms in total. The Morgan fingerprint density at radius 3 is 2.65 bits per heavy atom. The molecule has 1 aliphatic heterocycles. The lowest BCUT2D eigenvalue weighted by Gasteiger charge is -2.26. The Kier molecular flexibility index (Phi) is 4.16. The van der Waals surface area contributed by atoms with E-state index in [9.17, 15) is 14.4 Å². The van der Waals surface area contributed by atoms with Crippen LogP contribution in [0.3, 0.4) is 0 Å². The van der Waals surface area contributed by atoms with Gasteiger partial charge >= 0.3 is 0 Å². The molecule has 1 fully saturated rings. The predicted octanol–water partition coefficient (Wildman–Crippen LogP) is 0.878. The van der Waals surface area contributed by atoms with Gasteiger partial charge in [0.2, 0.25) is 5.91 Å². The quantitative estimate of drug-likeness (QED) is 0.900. The maximum Gasteiger partial charge on any atom is 0.262 e. The second kappa shape index (κ2) is 6.11. The summed E-state index contributed by atoms with van der Waals surface area (Å²) in [5.74, 6) is -0.642. The first kappa shape index (κ1) is 15.7. The molecule has 1 aliphatic rings. The van der Waals surface area contributed by atoms with E-state index in [1.54, 1.807) is 11.8 Å². The van der Waals surface area contributed by atoms with Crippen molar-refractivity contribution in [2.24, 2.45) is 5.73 Å². The van der Waals surface area contributed by atoms with E-state index in [0.717, 1.165) is 43.7 Å². The lowest BCUT2D eigenvalue weighted by atomic mass is 10.1. The fourth-order valence-electron chi connectivity index (χ4n) is 2.90. The van der Waals surface area contributed by atoms with Gasteiger partial charge in [0, 0.05) is 13.1 Å². The van der Waals surface area contributed by atoms with E-state index in [0.29, 0.717) is 20.7 Å². The van der Waals surface area contributed by atoms with Crippen molar-refractivity contribution < 1.29 is 9.59 Å². The van der Waals surface area contributed by atoms with Gasteiger partial charge in [0.1, 0.15) is 11.4 Å². The van der Waals surface area contributed by atoms with Crippen LogP contribution in [0.1, 0.15) is 34.5 Å². The van der Waals surface area contributed by atoms with E-state index < -0.39 is 5.91 Å². The average molecular weight is 334 g/mol. The molecule has 0 aliphatic carbocycles. The number of piperidine rings is 1. The molecular formula is C15H18N4O3S. The Morgan fingerprint density at radius 1 is 1.30 bits per heavy atom. The van der Waals surface area contributed by atoms with E-state index >= 15 is 0 Å². The summed E-state index contributed by atoms with van der Waals surface area (Å²) < 4.78 is 1.31. The Morgan fingerprint density at radius 2 is 2.00 bits per heavy atom. The summed E-state index contributed by atoms with van der Waals surface area (Å²) in [5.41, 5.74) is 5.55. The van der Waals surface area contributed by atoms with Crippen LogP contribution in [0, 0.1) is 6.92 Å². The van der Waals surface area contributed by atoms with Gasteiger partial charge in [-0.05, 0) is 31.7 Å². The van der Waals surface area contributed by atoms with E-state index in [-0.39, 0.29) is 18.0 Å². The first-order chi connectivity index (χ1) is 11.0. The van der Waals surface area contributed by atoms with E-state index in [4.69, 9.17) is 5.73 Å². The van der Waals surface area contributed by atoms with Crippen LogP contribution in [-0.4, -0.2) is 39.4 Å². The minimum atomic E-state index is -0.569. The SMILES string of the molecule is Cc1c(C(N)=O)sc2ncn(CC(=O)N3CCCCC3)c(=O)c12. The zero-order valence-corrected chi connectivity index (χ0v) is 13.7. The van der Waals surface area contributed by atoms with Crippen molar-refractivity contribution in [3.05, 3.63) is 27.1 Å². The smallest absolute Gasteiger partial charge is 0.262 e. The number of hydrogen-bond donors (Lipinski definition) is 1. The average Bonchev–Trinajstić information content (AvgIpc) is 2.89. The summed E-state index contributed by atoms with van der Waals surface area (Å²) in [6, 6.07) is 0. The fourth-order valence-corrected chi connectivity index (χ4v) is 3.89. The van der Waals surface area contributed by atoms with Crippen LogP contribution in [0.5, 0.6) is 0 Å². The van der Waals surface area contributed by atoms with Gasteiger partial charge in [-0.25, -0.2) is 4.98 Å². The first-order valence-electron chi connectivity index (χ1n) is 7.55. The number of aromatic nitrogens is 2. The molecule has 3 rings (SSSR count). The van der Waals surface area contributed by atoms with Crippen molar-refractivity contribution in [2.75, 3.05) is 13.1 Å². The van der Waals surface area contributed by atoms with Crippen LogP contribution < -0.4 is 11.3 Å². The van der Waals surface area contributed by atoms with Gasteiger partial charge in [0.15, 0.2) is 0 Å². The van der Waals surface area contributed by atoms with Crippen molar-refractivity contribution in [1.29, 1.82) is 0 Å². The van der Waals surface area contributed by atoms with Gasteiger partial charge in [-0.3, -0.25) is 19.0 Å². The van der Waals surface area contributed by atoms with Gasteiger partial charge in [-0.1, -0.05) is 0 Å². The number of fused-ring (bicyclic) bond motifs is 1. The van der Waals surface area contributed by atoms with Crippen LogP contribution in [0.2, 0.25) is 0 Å². The number of primary amides is 1. The molecule has 8 heteroatoms. The van der Waals surface area contributed by atoms with Gasteiger partial charge in [0.25, 0.3) is 11.5 Å². The molecule has 2 amide bonds. The number of carbonyl (C=O) groups excluding carboxylic acids is 2. The molecular weight excluding hydrogens is 316 g/mol. The van der Waals surface area contributed by atoms with Crippen molar-refractivity contribution >= 4 is 33.4 Å². The zero-order chi connectivity index (χ0) is 16.6. The third-order valence-corrected chi connectivity index (χ3v) is 5.37.